The van der Waals surface area contributed by atoms with Gasteiger partial charge in [-0.2, -0.15) is 0 Å². The van der Waals surface area contributed by atoms with Crippen molar-refractivity contribution in [2.45, 2.75) is 5.92 Å². The molecule has 0 radical (unpaired) electrons. The Morgan fingerprint density at radius 1 is 0.397 bits per heavy atom. The highest BCUT2D eigenvalue weighted by atomic mass is 16.3. The molecule has 0 spiro atoms. The molecule has 5 heteroatoms. The van der Waals surface area contributed by atoms with Crippen LogP contribution in [0.15, 0.2) is 217 Å². The molecule has 0 saturated heterocycles. The van der Waals surface area contributed by atoms with Crippen molar-refractivity contribution in [2.75, 3.05) is 0 Å². The van der Waals surface area contributed by atoms with Gasteiger partial charge in [-0.3, -0.25) is 0 Å². The molecule has 5 nitrogen and oxygen atoms in total. The van der Waals surface area contributed by atoms with Crippen molar-refractivity contribution in [3.63, 3.8) is 0 Å². The Morgan fingerprint density at radius 3 is 1.86 bits per heavy atom. The van der Waals surface area contributed by atoms with E-state index in [0.717, 1.165) is 49.8 Å². The Hall–Kier alpha value is -8.41. The molecule has 3 heterocycles. The molecule has 0 N–H and O–H groups in total. The normalized spacial score (nSPS) is 13.2. The molecule has 13 rings (SSSR count). The molecule has 1 aliphatic rings. The second-order valence-electron chi connectivity index (χ2n) is 16.3. The van der Waals surface area contributed by atoms with Crippen molar-refractivity contribution in [1.29, 1.82) is 0 Å². The molecule has 1 atom stereocenters. The van der Waals surface area contributed by atoms with Gasteiger partial charge in [-0.05, 0) is 69.3 Å². The maximum Gasteiger partial charge on any atom is 0.164 e. The number of hydrogen-bond acceptors (Lipinski definition) is 4. The van der Waals surface area contributed by atoms with Crippen LogP contribution in [-0.4, -0.2) is 19.5 Å². The third kappa shape index (κ3) is 5.60. The summed E-state index contributed by atoms with van der Waals surface area (Å²) in [5, 5.41) is 4.45. The Morgan fingerprint density at radius 2 is 1.02 bits per heavy atom. The maximum absolute atomic E-state index is 6.31. The lowest BCUT2D eigenvalue weighted by atomic mass is 9.87. The van der Waals surface area contributed by atoms with Crippen molar-refractivity contribution >= 4 is 43.7 Å². The predicted molar refractivity (Wildman–Crippen MR) is 256 cm³/mol. The molecule has 0 saturated carbocycles. The van der Waals surface area contributed by atoms with Gasteiger partial charge in [0.15, 0.2) is 17.5 Å². The Bertz CT molecular complexity index is 3740. The van der Waals surface area contributed by atoms with Gasteiger partial charge in [0, 0.05) is 49.8 Å². The first-order valence-corrected chi connectivity index (χ1v) is 21.4. The number of furan rings is 1. The van der Waals surface area contributed by atoms with E-state index in [0.29, 0.717) is 17.5 Å². The lowest BCUT2D eigenvalue weighted by Gasteiger charge is -2.19. The van der Waals surface area contributed by atoms with Crippen LogP contribution < -0.4 is 0 Å². The number of para-hydroxylation sites is 2. The first-order valence-electron chi connectivity index (χ1n) is 21.4. The molecule has 3 aromatic heterocycles. The lowest BCUT2D eigenvalue weighted by molar-refractivity contribution is 0.669. The van der Waals surface area contributed by atoms with Crippen LogP contribution in [0.5, 0.6) is 0 Å². The number of aromatic nitrogens is 4. The van der Waals surface area contributed by atoms with E-state index in [1.807, 2.05) is 48.5 Å². The SMILES string of the molecule is c1ccc(-c2ccc(C3c4ccccc4-c4ccc5c6ccccc6n(-c6cccc(-c7nc(-c8ccccc8)nc(-c8cccc9oc%10ccccc%10c89)n7)c6)c5c43)cc2)cc1. The molecule has 0 fully saturated rings. The largest absolute Gasteiger partial charge is 0.456 e. The Balaban J connectivity index is 1.02. The zero-order valence-corrected chi connectivity index (χ0v) is 34.0. The highest BCUT2D eigenvalue weighted by Gasteiger charge is 2.34. The summed E-state index contributed by atoms with van der Waals surface area (Å²) in [5.41, 5.74) is 16.6. The number of rotatable bonds is 6. The first kappa shape index (κ1) is 35.4. The third-order valence-corrected chi connectivity index (χ3v) is 12.8. The topological polar surface area (TPSA) is 56.7 Å². The molecule has 12 aromatic rings. The molecule has 0 aliphatic heterocycles. The van der Waals surface area contributed by atoms with E-state index in [4.69, 9.17) is 19.4 Å². The summed E-state index contributed by atoms with van der Waals surface area (Å²) in [4.78, 5) is 15.6. The fourth-order valence-corrected chi connectivity index (χ4v) is 9.96. The van der Waals surface area contributed by atoms with Crippen LogP contribution in [0.1, 0.15) is 22.6 Å². The highest BCUT2D eigenvalue weighted by molar-refractivity contribution is 6.14. The van der Waals surface area contributed by atoms with Gasteiger partial charge in [-0.15, -0.1) is 0 Å². The lowest BCUT2D eigenvalue weighted by Crippen LogP contribution is -2.04. The van der Waals surface area contributed by atoms with Crippen molar-refractivity contribution in [3.05, 3.63) is 229 Å². The van der Waals surface area contributed by atoms with Crippen LogP contribution in [0.3, 0.4) is 0 Å². The molecule has 63 heavy (non-hydrogen) atoms. The molecular formula is C58H36N4O. The van der Waals surface area contributed by atoms with Crippen LogP contribution in [0.25, 0.3) is 106 Å². The molecule has 294 valence electrons. The molecular weight excluding hydrogens is 769 g/mol. The van der Waals surface area contributed by atoms with Gasteiger partial charge >= 0.3 is 0 Å². The summed E-state index contributed by atoms with van der Waals surface area (Å²) in [5.74, 6) is 1.84. The molecule has 9 aromatic carbocycles. The van der Waals surface area contributed by atoms with Crippen molar-refractivity contribution in [2.24, 2.45) is 0 Å². The number of hydrogen-bond donors (Lipinski definition) is 0. The van der Waals surface area contributed by atoms with Gasteiger partial charge in [-0.1, -0.05) is 182 Å². The summed E-state index contributed by atoms with van der Waals surface area (Å²) < 4.78 is 8.77. The monoisotopic (exact) mass is 804 g/mol. The quantitative estimate of drug-likeness (QED) is 0.168. The summed E-state index contributed by atoms with van der Waals surface area (Å²) in [6.45, 7) is 0. The summed E-state index contributed by atoms with van der Waals surface area (Å²) in [6, 6.07) is 75.2. The van der Waals surface area contributed by atoms with E-state index in [1.54, 1.807) is 0 Å². The van der Waals surface area contributed by atoms with Gasteiger partial charge in [-0.25, -0.2) is 15.0 Å². The zero-order valence-electron chi connectivity index (χ0n) is 34.0. The van der Waals surface area contributed by atoms with Gasteiger partial charge in [0.2, 0.25) is 0 Å². The van der Waals surface area contributed by atoms with E-state index in [-0.39, 0.29) is 5.92 Å². The maximum atomic E-state index is 6.31. The fourth-order valence-electron chi connectivity index (χ4n) is 9.96. The Labute approximate surface area is 363 Å². The standard InChI is InChI=1S/C58H36N4O/c1-3-15-36(16-4-1)37-29-31-38(32-30-37)52-44-23-8-7-21-42(44)45-33-34-46-43-22-9-11-26-49(43)62(55(46)54(45)52)41-20-13-19-40(35-41)57-59-56(39-17-5-2-6-18-39)60-58(61-57)48-25-14-28-51-53(48)47-24-10-12-27-50(47)63-51/h1-35,52H. The van der Waals surface area contributed by atoms with Crippen LogP contribution >= 0.6 is 0 Å². The van der Waals surface area contributed by atoms with Crippen LogP contribution in [0.4, 0.5) is 0 Å². The molecule has 1 unspecified atom stereocenters. The van der Waals surface area contributed by atoms with E-state index >= 15 is 0 Å². The van der Waals surface area contributed by atoms with Crippen LogP contribution in [0.2, 0.25) is 0 Å². The smallest absolute Gasteiger partial charge is 0.164 e. The highest BCUT2D eigenvalue weighted by Crippen LogP contribution is 2.52. The van der Waals surface area contributed by atoms with Gasteiger partial charge in [0.1, 0.15) is 11.2 Å². The minimum Gasteiger partial charge on any atom is -0.456 e. The number of nitrogens with zero attached hydrogens (tertiary/aromatic N) is 4. The minimum absolute atomic E-state index is 0.0391. The van der Waals surface area contributed by atoms with Crippen molar-refractivity contribution in [1.82, 2.24) is 19.5 Å². The fraction of sp³-hybridized carbons (Fsp3) is 0.0172. The number of fused-ring (bicyclic) bond motifs is 10. The molecule has 1 aliphatic carbocycles. The van der Waals surface area contributed by atoms with E-state index in [2.05, 4.69) is 168 Å². The van der Waals surface area contributed by atoms with Gasteiger partial charge < -0.3 is 8.98 Å². The summed E-state index contributed by atoms with van der Waals surface area (Å²) >= 11 is 0. The average Bonchev–Trinajstić information content (AvgIpc) is 4.02. The predicted octanol–water partition coefficient (Wildman–Crippen LogP) is 14.7. The molecule has 0 bridgehead atoms. The summed E-state index contributed by atoms with van der Waals surface area (Å²) in [7, 11) is 0. The first-order chi connectivity index (χ1) is 31.2. The van der Waals surface area contributed by atoms with E-state index in [1.165, 1.54) is 55.2 Å². The Kier molecular flexibility index (Phi) is 7.90. The van der Waals surface area contributed by atoms with E-state index in [9.17, 15) is 0 Å². The van der Waals surface area contributed by atoms with Crippen LogP contribution in [-0.2, 0) is 0 Å². The zero-order chi connectivity index (χ0) is 41.4. The number of benzene rings is 9. The summed E-state index contributed by atoms with van der Waals surface area (Å²) in [6.07, 6.45) is 0. The van der Waals surface area contributed by atoms with E-state index < -0.39 is 0 Å². The van der Waals surface area contributed by atoms with Gasteiger partial charge in [0.05, 0.1) is 11.0 Å². The van der Waals surface area contributed by atoms with Gasteiger partial charge in [0.25, 0.3) is 0 Å². The average molecular weight is 805 g/mol. The second-order valence-corrected chi connectivity index (χ2v) is 16.3. The minimum atomic E-state index is 0.0391. The third-order valence-electron chi connectivity index (χ3n) is 12.8. The second kappa shape index (κ2) is 14.1. The molecule has 0 amide bonds. The van der Waals surface area contributed by atoms with Crippen molar-refractivity contribution < 1.29 is 4.42 Å². The van der Waals surface area contributed by atoms with Crippen LogP contribution in [0, 0.1) is 0 Å². The van der Waals surface area contributed by atoms with Crippen molar-refractivity contribution in [3.8, 4) is 62.1 Å².